The minimum absolute atomic E-state index is 0.0389. The monoisotopic (exact) mass is 288 g/mol. The van der Waals surface area contributed by atoms with Crippen LogP contribution in [0.4, 0.5) is 0 Å². The van der Waals surface area contributed by atoms with E-state index in [0.717, 1.165) is 25.9 Å². The van der Waals surface area contributed by atoms with Crippen LogP contribution in [-0.2, 0) is 4.79 Å². The molecule has 3 aliphatic rings. The number of carbonyl (C=O) groups excluding carboxylic acids is 2. The van der Waals surface area contributed by atoms with Crippen molar-refractivity contribution in [2.45, 2.75) is 44.2 Å². The number of likely N-dealkylation sites (tertiary alicyclic amines) is 2. The standard InChI is InChI=1S/C16H20N2O3/c19-15-4-3-13-14(18(15)9-11-1-2-11)5-7-17(13)16(20)12-6-8-21-10-12/h6,8,10-11,13-14H,1-5,7,9H2/t13-,14-/m1/s1. The summed E-state index contributed by atoms with van der Waals surface area (Å²) in [7, 11) is 0. The van der Waals surface area contributed by atoms with E-state index in [9.17, 15) is 9.59 Å². The average Bonchev–Trinajstić information content (AvgIpc) is 3.00. The molecular formula is C16H20N2O3. The molecule has 0 bridgehead atoms. The zero-order chi connectivity index (χ0) is 14.4. The number of rotatable bonds is 3. The molecule has 2 atom stereocenters. The van der Waals surface area contributed by atoms with Crippen molar-refractivity contribution in [3.8, 4) is 0 Å². The first-order chi connectivity index (χ1) is 10.2. The van der Waals surface area contributed by atoms with E-state index in [1.54, 1.807) is 6.07 Å². The van der Waals surface area contributed by atoms with Crippen molar-refractivity contribution in [2.24, 2.45) is 5.92 Å². The van der Waals surface area contributed by atoms with Crippen LogP contribution < -0.4 is 0 Å². The summed E-state index contributed by atoms with van der Waals surface area (Å²) in [5.41, 5.74) is 0.612. The molecule has 0 N–H and O–H groups in total. The highest BCUT2D eigenvalue weighted by atomic mass is 16.3. The summed E-state index contributed by atoms with van der Waals surface area (Å²) in [5.74, 6) is 1.02. The van der Waals surface area contributed by atoms with Gasteiger partial charge in [-0.1, -0.05) is 0 Å². The molecule has 2 saturated heterocycles. The van der Waals surface area contributed by atoms with Gasteiger partial charge in [0.2, 0.25) is 5.91 Å². The maximum absolute atomic E-state index is 12.5. The number of amides is 2. The third-order valence-electron chi connectivity index (χ3n) is 5.07. The molecule has 1 aromatic heterocycles. The Labute approximate surface area is 123 Å². The van der Waals surface area contributed by atoms with Gasteiger partial charge in [0, 0.05) is 19.5 Å². The van der Waals surface area contributed by atoms with Gasteiger partial charge in [0.25, 0.3) is 5.91 Å². The Morgan fingerprint density at radius 2 is 2.10 bits per heavy atom. The summed E-state index contributed by atoms with van der Waals surface area (Å²) >= 11 is 0. The molecule has 3 fully saturated rings. The van der Waals surface area contributed by atoms with Gasteiger partial charge in [0.15, 0.2) is 0 Å². The van der Waals surface area contributed by atoms with Gasteiger partial charge < -0.3 is 14.2 Å². The fraction of sp³-hybridized carbons (Fsp3) is 0.625. The number of fused-ring (bicyclic) bond motifs is 1. The van der Waals surface area contributed by atoms with Crippen LogP contribution in [0.15, 0.2) is 23.0 Å². The molecule has 5 nitrogen and oxygen atoms in total. The van der Waals surface area contributed by atoms with Gasteiger partial charge in [-0.25, -0.2) is 0 Å². The summed E-state index contributed by atoms with van der Waals surface area (Å²) < 4.78 is 5.02. The van der Waals surface area contributed by atoms with Gasteiger partial charge in [-0.2, -0.15) is 0 Å². The third kappa shape index (κ3) is 2.24. The van der Waals surface area contributed by atoms with E-state index in [1.165, 1.54) is 25.4 Å². The normalized spacial score (nSPS) is 28.9. The molecule has 2 aliphatic heterocycles. The van der Waals surface area contributed by atoms with Crippen molar-refractivity contribution in [3.63, 3.8) is 0 Å². The molecule has 2 amide bonds. The molecule has 0 spiro atoms. The molecule has 0 radical (unpaired) electrons. The van der Waals surface area contributed by atoms with Crippen LogP contribution in [0.1, 0.15) is 42.5 Å². The van der Waals surface area contributed by atoms with Gasteiger partial charge in [-0.15, -0.1) is 0 Å². The van der Waals surface area contributed by atoms with Gasteiger partial charge in [-0.3, -0.25) is 9.59 Å². The van der Waals surface area contributed by atoms with Gasteiger partial charge in [0.05, 0.1) is 23.9 Å². The number of piperidine rings is 1. The van der Waals surface area contributed by atoms with Gasteiger partial charge >= 0.3 is 0 Å². The Morgan fingerprint density at radius 3 is 2.81 bits per heavy atom. The molecule has 21 heavy (non-hydrogen) atoms. The highest BCUT2D eigenvalue weighted by Crippen LogP contribution is 2.37. The zero-order valence-electron chi connectivity index (χ0n) is 12.0. The Kier molecular flexibility index (Phi) is 3.01. The lowest BCUT2D eigenvalue weighted by atomic mass is 9.95. The maximum atomic E-state index is 12.5. The van der Waals surface area contributed by atoms with Crippen molar-refractivity contribution in [1.29, 1.82) is 0 Å². The lowest BCUT2D eigenvalue weighted by Gasteiger charge is -2.39. The van der Waals surface area contributed by atoms with E-state index < -0.39 is 0 Å². The predicted octanol–water partition coefficient (Wildman–Crippen LogP) is 1.90. The van der Waals surface area contributed by atoms with Crippen molar-refractivity contribution < 1.29 is 14.0 Å². The Morgan fingerprint density at radius 1 is 1.24 bits per heavy atom. The molecule has 1 saturated carbocycles. The summed E-state index contributed by atoms with van der Waals surface area (Å²) in [6.45, 7) is 1.64. The SMILES string of the molecule is O=C1CC[C@@H]2[C@@H](CCN2C(=O)c2ccoc2)N1CC1CC1. The summed E-state index contributed by atoms with van der Waals surface area (Å²) in [4.78, 5) is 28.8. The van der Waals surface area contributed by atoms with Crippen LogP contribution >= 0.6 is 0 Å². The molecule has 112 valence electrons. The second kappa shape index (κ2) is 4.90. The van der Waals surface area contributed by atoms with Crippen LogP contribution in [-0.4, -0.2) is 46.8 Å². The molecule has 5 heteroatoms. The fourth-order valence-electron chi connectivity index (χ4n) is 3.77. The molecule has 3 heterocycles. The minimum Gasteiger partial charge on any atom is -0.472 e. The van der Waals surface area contributed by atoms with E-state index >= 15 is 0 Å². The number of hydrogen-bond acceptors (Lipinski definition) is 3. The van der Waals surface area contributed by atoms with Crippen LogP contribution in [0.3, 0.4) is 0 Å². The lowest BCUT2D eigenvalue weighted by molar-refractivity contribution is -0.137. The first kappa shape index (κ1) is 12.9. The molecule has 0 aromatic carbocycles. The summed E-state index contributed by atoms with van der Waals surface area (Å²) in [6, 6.07) is 2.12. The van der Waals surface area contributed by atoms with E-state index in [2.05, 4.69) is 4.90 Å². The molecular weight excluding hydrogens is 268 g/mol. The minimum atomic E-state index is 0.0389. The van der Waals surface area contributed by atoms with Gasteiger partial charge in [0.1, 0.15) is 6.26 Å². The highest BCUT2D eigenvalue weighted by molar-refractivity contribution is 5.94. The molecule has 1 aliphatic carbocycles. The molecule has 4 rings (SSSR count). The van der Waals surface area contributed by atoms with Crippen LogP contribution in [0.2, 0.25) is 0 Å². The quantitative estimate of drug-likeness (QED) is 0.853. The first-order valence-electron chi connectivity index (χ1n) is 7.86. The van der Waals surface area contributed by atoms with E-state index in [0.29, 0.717) is 17.9 Å². The Hall–Kier alpha value is -1.78. The van der Waals surface area contributed by atoms with Crippen LogP contribution in [0.5, 0.6) is 0 Å². The highest BCUT2D eigenvalue weighted by Gasteiger charge is 2.46. The van der Waals surface area contributed by atoms with E-state index in [1.807, 2.05) is 4.90 Å². The number of nitrogens with zero attached hydrogens (tertiary/aromatic N) is 2. The van der Waals surface area contributed by atoms with Crippen molar-refractivity contribution >= 4 is 11.8 Å². The second-order valence-corrected chi connectivity index (χ2v) is 6.46. The summed E-state index contributed by atoms with van der Waals surface area (Å²) in [6.07, 6.45) is 7.82. The van der Waals surface area contributed by atoms with Crippen LogP contribution in [0.25, 0.3) is 0 Å². The largest absolute Gasteiger partial charge is 0.472 e. The van der Waals surface area contributed by atoms with E-state index in [-0.39, 0.29) is 23.9 Å². The summed E-state index contributed by atoms with van der Waals surface area (Å²) in [5, 5.41) is 0. The van der Waals surface area contributed by atoms with Crippen molar-refractivity contribution in [2.75, 3.05) is 13.1 Å². The van der Waals surface area contributed by atoms with Gasteiger partial charge in [-0.05, 0) is 37.7 Å². The lowest BCUT2D eigenvalue weighted by Crippen LogP contribution is -2.53. The number of furan rings is 1. The average molecular weight is 288 g/mol. The Bertz CT molecular complexity index is 550. The second-order valence-electron chi connectivity index (χ2n) is 6.46. The van der Waals surface area contributed by atoms with Crippen molar-refractivity contribution in [3.05, 3.63) is 24.2 Å². The van der Waals surface area contributed by atoms with E-state index in [4.69, 9.17) is 4.42 Å². The van der Waals surface area contributed by atoms with Crippen LogP contribution in [0, 0.1) is 5.92 Å². The third-order valence-corrected chi connectivity index (χ3v) is 5.07. The smallest absolute Gasteiger partial charge is 0.257 e. The Balaban J connectivity index is 1.52. The maximum Gasteiger partial charge on any atom is 0.257 e. The fourth-order valence-corrected chi connectivity index (χ4v) is 3.77. The zero-order valence-corrected chi connectivity index (χ0v) is 12.0. The topological polar surface area (TPSA) is 53.8 Å². The molecule has 1 aromatic rings. The van der Waals surface area contributed by atoms with Crippen molar-refractivity contribution in [1.82, 2.24) is 9.80 Å². The number of carbonyl (C=O) groups is 2. The number of hydrogen-bond donors (Lipinski definition) is 0. The molecule has 0 unspecified atom stereocenters. The first-order valence-corrected chi connectivity index (χ1v) is 7.86. The predicted molar refractivity (Wildman–Crippen MR) is 75.6 cm³/mol.